The normalized spacial score (nSPS) is 11.9. The number of aromatic hydroxyl groups is 2. The largest absolute Gasteiger partial charge is 0.504 e. The Bertz CT molecular complexity index is 632. The summed E-state index contributed by atoms with van der Waals surface area (Å²) < 4.78 is 5.23. The standard InChI is InChI=1S/C17H18O4/c1-3-11(2)12-4-7-14(8-5-12)21-17(20)13-6-9-15(18)16(19)10-13/h4-11,18-19H,3H2,1-2H3. The summed E-state index contributed by atoms with van der Waals surface area (Å²) in [5, 5.41) is 18.6. The van der Waals surface area contributed by atoms with Crippen LogP contribution in [0.5, 0.6) is 17.2 Å². The predicted octanol–water partition coefficient (Wildman–Crippen LogP) is 3.83. The number of phenols is 2. The maximum absolute atomic E-state index is 11.9. The third kappa shape index (κ3) is 3.54. The number of rotatable bonds is 4. The first-order chi connectivity index (χ1) is 10.0. The maximum atomic E-state index is 11.9. The van der Waals surface area contributed by atoms with Gasteiger partial charge in [-0.15, -0.1) is 0 Å². The van der Waals surface area contributed by atoms with Gasteiger partial charge in [0.2, 0.25) is 0 Å². The Balaban J connectivity index is 2.10. The van der Waals surface area contributed by atoms with E-state index in [2.05, 4.69) is 13.8 Å². The van der Waals surface area contributed by atoms with Crippen LogP contribution in [-0.4, -0.2) is 16.2 Å². The Hall–Kier alpha value is -2.49. The second-order valence-corrected chi connectivity index (χ2v) is 4.97. The quantitative estimate of drug-likeness (QED) is 0.509. The summed E-state index contributed by atoms with van der Waals surface area (Å²) in [5.74, 6) is -0.300. The fourth-order valence-corrected chi connectivity index (χ4v) is 1.92. The molecule has 21 heavy (non-hydrogen) atoms. The molecule has 4 nitrogen and oxygen atoms in total. The monoisotopic (exact) mass is 286 g/mol. The molecular formula is C17H18O4. The van der Waals surface area contributed by atoms with Crippen LogP contribution < -0.4 is 4.74 Å². The second kappa shape index (κ2) is 6.31. The molecule has 0 aromatic heterocycles. The van der Waals surface area contributed by atoms with Crippen LogP contribution >= 0.6 is 0 Å². The molecule has 0 bridgehead atoms. The summed E-state index contributed by atoms with van der Waals surface area (Å²) in [5.41, 5.74) is 1.37. The van der Waals surface area contributed by atoms with Gasteiger partial charge in [0.25, 0.3) is 0 Å². The molecule has 0 spiro atoms. The predicted molar refractivity (Wildman–Crippen MR) is 79.9 cm³/mol. The highest BCUT2D eigenvalue weighted by Gasteiger charge is 2.11. The molecule has 0 radical (unpaired) electrons. The highest BCUT2D eigenvalue weighted by atomic mass is 16.5. The molecule has 0 fully saturated rings. The number of esters is 1. The minimum absolute atomic E-state index is 0.177. The Labute approximate surface area is 123 Å². The molecule has 2 N–H and O–H groups in total. The first-order valence-corrected chi connectivity index (χ1v) is 6.85. The van der Waals surface area contributed by atoms with Crippen LogP contribution in [0.15, 0.2) is 42.5 Å². The molecule has 0 saturated carbocycles. The lowest BCUT2D eigenvalue weighted by Gasteiger charge is -2.10. The van der Waals surface area contributed by atoms with Crippen LogP contribution in [0, 0.1) is 0 Å². The summed E-state index contributed by atoms with van der Waals surface area (Å²) in [4.78, 5) is 11.9. The number of phenolic OH excluding ortho intramolecular Hbond substituents is 2. The number of carbonyl (C=O) groups is 1. The zero-order valence-electron chi connectivity index (χ0n) is 12.0. The lowest BCUT2D eigenvalue weighted by molar-refractivity contribution is 0.0734. The van der Waals surface area contributed by atoms with Gasteiger partial charge in [-0.05, 0) is 48.2 Å². The van der Waals surface area contributed by atoms with Crippen LogP contribution in [-0.2, 0) is 0 Å². The molecule has 2 aromatic rings. The van der Waals surface area contributed by atoms with Gasteiger partial charge >= 0.3 is 5.97 Å². The molecule has 4 heteroatoms. The molecule has 0 amide bonds. The van der Waals surface area contributed by atoms with Gasteiger partial charge in [-0.2, -0.15) is 0 Å². The second-order valence-electron chi connectivity index (χ2n) is 4.97. The van der Waals surface area contributed by atoms with Gasteiger partial charge in [-0.25, -0.2) is 4.79 Å². The van der Waals surface area contributed by atoms with Crippen molar-refractivity contribution in [3.8, 4) is 17.2 Å². The van der Waals surface area contributed by atoms with Gasteiger partial charge in [-0.1, -0.05) is 26.0 Å². The maximum Gasteiger partial charge on any atom is 0.343 e. The van der Waals surface area contributed by atoms with Gasteiger partial charge in [0, 0.05) is 0 Å². The lowest BCUT2D eigenvalue weighted by atomic mass is 9.99. The van der Waals surface area contributed by atoms with Crippen LogP contribution in [0.25, 0.3) is 0 Å². The fraction of sp³-hybridized carbons (Fsp3) is 0.235. The summed E-state index contributed by atoms with van der Waals surface area (Å²) >= 11 is 0. The van der Waals surface area contributed by atoms with Gasteiger partial charge in [0.15, 0.2) is 11.5 Å². The first kappa shape index (κ1) is 14.9. The van der Waals surface area contributed by atoms with Crippen LogP contribution in [0.4, 0.5) is 0 Å². The van der Waals surface area contributed by atoms with E-state index < -0.39 is 5.97 Å². The average molecular weight is 286 g/mol. The molecule has 0 saturated heterocycles. The number of ether oxygens (including phenoxy) is 1. The summed E-state index contributed by atoms with van der Waals surface area (Å²) in [7, 11) is 0. The Kier molecular flexibility index (Phi) is 4.48. The lowest BCUT2D eigenvalue weighted by Crippen LogP contribution is -2.08. The fourth-order valence-electron chi connectivity index (χ4n) is 1.92. The summed E-state index contributed by atoms with van der Waals surface area (Å²) in [6.07, 6.45) is 1.05. The summed E-state index contributed by atoms with van der Waals surface area (Å²) in [6.45, 7) is 4.26. The number of hydrogen-bond donors (Lipinski definition) is 2. The van der Waals surface area contributed by atoms with E-state index in [0.717, 1.165) is 6.42 Å². The molecular weight excluding hydrogens is 268 g/mol. The third-order valence-electron chi connectivity index (χ3n) is 3.48. The van der Waals surface area contributed by atoms with E-state index in [1.807, 2.05) is 12.1 Å². The smallest absolute Gasteiger partial charge is 0.343 e. The van der Waals surface area contributed by atoms with Crippen molar-refractivity contribution in [2.45, 2.75) is 26.2 Å². The number of hydrogen-bond acceptors (Lipinski definition) is 4. The van der Waals surface area contributed by atoms with Gasteiger partial charge in [0.1, 0.15) is 5.75 Å². The molecule has 1 unspecified atom stereocenters. The summed E-state index contributed by atoms with van der Waals surface area (Å²) in [6, 6.07) is 11.2. The third-order valence-corrected chi connectivity index (χ3v) is 3.48. The molecule has 110 valence electrons. The number of carbonyl (C=O) groups excluding carboxylic acids is 1. The molecule has 2 aromatic carbocycles. The van der Waals surface area contributed by atoms with Crippen molar-refractivity contribution in [3.63, 3.8) is 0 Å². The molecule has 0 aliphatic carbocycles. The van der Waals surface area contributed by atoms with Crippen LogP contribution in [0.3, 0.4) is 0 Å². The van der Waals surface area contributed by atoms with Crippen molar-refractivity contribution < 1.29 is 19.7 Å². The SMILES string of the molecule is CCC(C)c1ccc(OC(=O)c2ccc(O)c(O)c2)cc1. The van der Waals surface area contributed by atoms with Crippen molar-refractivity contribution in [2.24, 2.45) is 0 Å². The van der Waals surface area contributed by atoms with Crippen molar-refractivity contribution in [3.05, 3.63) is 53.6 Å². The van der Waals surface area contributed by atoms with Crippen molar-refractivity contribution in [1.82, 2.24) is 0 Å². The first-order valence-electron chi connectivity index (χ1n) is 6.85. The highest BCUT2D eigenvalue weighted by Crippen LogP contribution is 2.26. The van der Waals surface area contributed by atoms with Crippen molar-refractivity contribution in [1.29, 1.82) is 0 Å². The van der Waals surface area contributed by atoms with E-state index in [9.17, 15) is 15.0 Å². The van der Waals surface area contributed by atoms with Crippen LogP contribution in [0.1, 0.15) is 42.1 Å². The van der Waals surface area contributed by atoms with E-state index in [4.69, 9.17) is 4.74 Å². The van der Waals surface area contributed by atoms with E-state index in [1.54, 1.807) is 12.1 Å². The topological polar surface area (TPSA) is 66.8 Å². The average Bonchev–Trinajstić information content (AvgIpc) is 2.50. The van der Waals surface area contributed by atoms with Gasteiger partial charge in [0.05, 0.1) is 5.56 Å². The molecule has 0 heterocycles. The van der Waals surface area contributed by atoms with Crippen LogP contribution in [0.2, 0.25) is 0 Å². The Morgan fingerprint density at radius 3 is 2.33 bits per heavy atom. The van der Waals surface area contributed by atoms with Crippen molar-refractivity contribution >= 4 is 5.97 Å². The van der Waals surface area contributed by atoms with E-state index in [1.165, 1.54) is 23.8 Å². The molecule has 0 aliphatic rings. The van der Waals surface area contributed by atoms with E-state index >= 15 is 0 Å². The molecule has 1 atom stereocenters. The van der Waals surface area contributed by atoms with Gasteiger partial charge in [-0.3, -0.25) is 0 Å². The zero-order valence-corrected chi connectivity index (χ0v) is 12.0. The van der Waals surface area contributed by atoms with E-state index in [0.29, 0.717) is 11.7 Å². The number of benzene rings is 2. The molecule has 2 rings (SSSR count). The van der Waals surface area contributed by atoms with Crippen molar-refractivity contribution in [2.75, 3.05) is 0 Å². The molecule has 0 aliphatic heterocycles. The Morgan fingerprint density at radius 2 is 1.76 bits per heavy atom. The minimum Gasteiger partial charge on any atom is -0.504 e. The van der Waals surface area contributed by atoms with Gasteiger partial charge < -0.3 is 14.9 Å². The minimum atomic E-state index is -0.582. The Morgan fingerprint density at radius 1 is 1.10 bits per heavy atom. The zero-order chi connectivity index (χ0) is 15.4. The highest BCUT2D eigenvalue weighted by molar-refractivity contribution is 5.91. The van der Waals surface area contributed by atoms with E-state index in [-0.39, 0.29) is 17.1 Å².